The predicted octanol–water partition coefficient (Wildman–Crippen LogP) is 8.55. The van der Waals surface area contributed by atoms with E-state index in [4.69, 9.17) is 11.6 Å². The molecule has 160 valence electrons. The summed E-state index contributed by atoms with van der Waals surface area (Å²) >= 11 is 5.63. The number of hydrogen-bond acceptors (Lipinski definition) is 0. The van der Waals surface area contributed by atoms with Crippen LogP contribution in [0.4, 0.5) is 17.6 Å². The van der Waals surface area contributed by atoms with E-state index < -0.39 is 23.3 Å². The molecule has 1 aliphatic carbocycles. The van der Waals surface area contributed by atoms with Crippen molar-refractivity contribution < 1.29 is 17.6 Å². The van der Waals surface area contributed by atoms with Gasteiger partial charge in [-0.3, -0.25) is 0 Å². The summed E-state index contributed by atoms with van der Waals surface area (Å²) in [7, 11) is 0. The maximum absolute atomic E-state index is 14.6. The minimum absolute atomic E-state index is 0.0734. The minimum atomic E-state index is -1.00. The Morgan fingerprint density at radius 1 is 0.710 bits per heavy atom. The molecule has 0 unspecified atom stereocenters. The fourth-order valence-corrected chi connectivity index (χ4v) is 4.40. The first-order chi connectivity index (χ1) is 15.0. The molecule has 4 rings (SSSR count). The minimum Gasteiger partial charge on any atom is -0.203 e. The van der Waals surface area contributed by atoms with E-state index >= 15 is 0 Å². The number of allylic oxidation sites excluding steroid dienone is 1. The first-order valence-corrected chi connectivity index (χ1v) is 10.7. The second-order valence-corrected chi connectivity index (χ2v) is 8.34. The zero-order valence-corrected chi connectivity index (χ0v) is 17.5. The van der Waals surface area contributed by atoms with Crippen LogP contribution >= 0.6 is 11.6 Å². The molecular formula is C26H21ClF4. The number of rotatable bonds is 4. The van der Waals surface area contributed by atoms with E-state index in [1.54, 1.807) is 48.5 Å². The maximum Gasteiger partial charge on any atom is 0.177 e. The Hall–Kier alpha value is -2.59. The van der Waals surface area contributed by atoms with Crippen molar-refractivity contribution in [2.24, 2.45) is 5.92 Å². The van der Waals surface area contributed by atoms with Crippen LogP contribution in [0.2, 0.25) is 5.02 Å². The molecule has 0 heterocycles. The van der Waals surface area contributed by atoms with E-state index in [0.717, 1.165) is 12.8 Å². The predicted molar refractivity (Wildman–Crippen MR) is 117 cm³/mol. The molecule has 1 saturated carbocycles. The molecule has 0 bridgehead atoms. The molecule has 0 amide bonds. The summed E-state index contributed by atoms with van der Waals surface area (Å²) in [5.41, 5.74) is 1.41. The highest BCUT2D eigenvalue weighted by Crippen LogP contribution is 2.39. The third-order valence-corrected chi connectivity index (χ3v) is 6.31. The van der Waals surface area contributed by atoms with Crippen molar-refractivity contribution >= 4 is 17.7 Å². The van der Waals surface area contributed by atoms with Crippen molar-refractivity contribution in [1.82, 2.24) is 0 Å². The van der Waals surface area contributed by atoms with Crippen molar-refractivity contribution in [2.45, 2.75) is 31.6 Å². The summed E-state index contributed by atoms with van der Waals surface area (Å²) in [5, 5.41) is -0.217. The van der Waals surface area contributed by atoms with Crippen LogP contribution in [-0.2, 0) is 0 Å². The van der Waals surface area contributed by atoms with Gasteiger partial charge >= 0.3 is 0 Å². The first kappa shape index (κ1) is 21.6. The Balaban J connectivity index is 1.44. The highest BCUT2D eigenvalue weighted by molar-refractivity contribution is 6.30. The van der Waals surface area contributed by atoms with Crippen molar-refractivity contribution in [1.29, 1.82) is 0 Å². The molecule has 0 aliphatic heterocycles. The van der Waals surface area contributed by atoms with Gasteiger partial charge in [0.05, 0.1) is 5.02 Å². The lowest BCUT2D eigenvalue weighted by Crippen LogP contribution is -2.13. The van der Waals surface area contributed by atoms with Gasteiger partial charge in [-0.05, 0) is 54.7 Å². The maximum atomic E-state index is 14.6. The zero-order valence-electron chi connectivity index (χ0n) is 16.7. The molecule has 0 spiro atoms. The van der Waals surface area contributed by atoms with E-state index in [-0.39, 0.29) is 28.0 Å². The Morgan fingerprint density at radius 2 is 1.42 bits per heavy atom. The molecule has 0 N–H and O–H groups in total. The lowest BCUT2D eigenvalue weighted by atomic mass is 9.78. The second kappa shape index (κ2) is 9.27. The monoisotopic (exact) mass is 444 g/mol. The molecule has 0 nitrogen and oxygen atoms in total. The van der Waals surface area contributed by atoms with Crippen molar-refractivity contribution in [3.63, 3.8) is 0 Å². The molecular weight excluding hydrogens is 424 g/mol. The second-order valence-electron chi connectivity index (χ2n) is 7.93. The van der Waals surface area contributed by atoms with Crippen LogP contribution in [0.25, 0.3) is 17.2 Å². The van der Waals surface area contributed by atoms with E-state index in [0.29, 0.717) is 24.0 Å². The lowest BCUT2D eigenvalue weighted by Gasteiger charge is -2.27. The van der Waals surface area contributed by atoms with Gasteiger partial charge in [0.25, 0.3) is 0 Å². The van der Waals surface area contributed by atoms with Crippen LogP contribution in [0.15, 0.2) is 60.7 Å². The molecule has 0 saturated heterocycles. The third-order valence-electron chi connectivity index (χ3n) is 6.02. The SMILES string of the molecule is Fc1c(Cl)ccc(C2CCC(/C=C/c3ccc(-c4ccccc4)c(F)c3F)CC2)c1F. The number of benzene rings is 3. The van der Waals surface area contributed by atoms with Crippen LogP contribution in [0, 0.1) is 29.2 Å². The van der Waals surface area contributed by atoms with Gasteiger partial charge in [-0.2, -0.15) is 0 Å². The molecule has 1 aliphatic rings. The van der Waals surface area contributed by atoms with E-state index in [1.165, 1.54) is 6.07 Å². The van der Waals surface area contributed by atoms with Crippen LogP contribution in [0.1, 0.15) is 42.7 Å². The highest BCUT2D eigenvalue weighted by atomic mass is 35.5. The van der Waals surface area contributed by atoms with E-state index in [9.17, 15) is 17.6 Å². The molecule has 3 aromatic rings. The normalized spacial score (nSPS) is 19.1. The molecule has 5 heteroatoms. The lowest BCUT2D eigenvalue weighted by molar-refractivity contribution is 0.364. The smallest absolute Gasteiger partial charge is 0.177 e. The average molecular weight is 445 g/mol. The Bertz CT molecular complexity index is 1100. The van der Waals surface area contributed by atoms with Gasteiger partial charge in [-0.1, -0.05) is 72.3 Å². The summed E-state index contributed by atoms with van der Waals surface area (Å²) in [4.78, 5) is 0. The standard InChI is InChI=1S/C26H21ClF4/c27-22-15-14-21(25(30)26(22)31)18-9-6-16(7-10-18)8-11-19-12-13-20(24(29)23(19)28)17-4-2-1-3-5-17/h1-5,8,11-16,18H,6-7,9-10H2/b11-8+. The average Bonchev–Trinajstić information content (AvgIpc) is 2.80. The first-order valence-electron chi connectivity index (χ1n) is 10.3. The van der Waals surface area contributed by atoms with Gasteiger partial charge in [0.15, 0.2) is 23.3 Å². The van der Waals surface area contributed by atoms with Crippen LogP contribution in [-0.4, -0.2) is 0 Å². The van der Waals surface area contributed by atoms with E-state index in [1.807, 2.05) is 12.1 Å². The van der Waals surface area contributed by atoms with E-state index in [2.05, 4.69) is 0 Å². The molecule has 0 radical (unpaired) electrons. The number of hydrogen-bond donors (Lipinski definition) is 0. The fraction of sp³-hybridized carbons (Fsp3) is 0.231. The van der Waals surface area contributed by atoms with Crippen LogP contribution in [0.3, 0.4) is 0 Å². The van der Waals surface area contributed by atoms with Crippen molar-refractivity contribution in [3.05, 3.63) is 100 Å². The largest absolute Gasteiger partial charge is 0.203 e. The van der Waals surface area contributed by atoms with Gasteiger partial charge in [-0.25, -0.2) is 17.6 Å². The van der Waals surface area contributed by atoms with Crippen molar-refractivity contribution in [2.75, 3.05) is 0 Å². The topological polar surface area (TPSA) is 0 Å². The molecule has 31 heavy (non-hydrogen) atoms. The zero-order chi connectivity index (χ0) is 22.0. The van der Waals surface area contributed by atoms with Crippen LogP contribution in [0.5, 0.6) is 0 Å². The quantitative estimate of drug-likeness (QED) is 0.279. The van der Waals surface area contributed by atoms with Gasteiger partial charge in [0, 0.05) is 11.1 Å². The Kier molecular flexibility index (Phi) is 6.47. The van der Waals surface area contributed by atoms with Crippen LogP contribution < -0.4 is 0 Å². The van der Waals surface area contributed by atoms with Gasteiger partial charge < -0.3 is 0 Å². The number of halogens is 5. The summed E-state index contributed by atoms with van der Waals surface area (Å²) in [6.07, 6.45) is 6.40. The summed E-state index contributed by atoms with van der Waals surface area (Å²) in [6, 6.07) is 15.0. The third kappa shape index (κ3) is 4.54. The Morgan fingerprint density at radius 3 is 2.13 bits per heavy atom. The Labute approximate surface area is 184 Å². The van der Waals surface area contributed by atoms with Gasteiger partial charge in [0.2, 0.25) is 0 Å². The highest BCUT2D eigenvalue weighted by Gasteiger charge is 2.25. The summed E-state index contributed by atoms with van der Waals surface area (Å²) in [6.45, 7) is 0. The molecule has 1 fully saturated rings. The van der Waals surface area contributed by atoms with Gasteiger partial charge in [-0.15, -0.1) is 0 Å². The van der Waals surface area contributed by atoms with Gasteiger partial charge in [0.1, 0.15) is 0 Å². The summed E-state index contributed by atoms with van der Waals surface area (Å²) < 4.78 is 57.1. The fourth-order valence-electron chi connectivity index (χ4n) is 4.25. The molecule has 3 aromatic carbocycles. The molecule has 0 atom stereocenters. The summed E-state index contributed by atoms with van der Waals surface area (Å²) in [5.74, 6) is -3.51. The van der Waals surface area contributed by atoms with Crippen molar-refractivity contribution in [3.8, 4) is 11.1 Å². The molecule has 0 aromatic heterocycles.